The Balaban J connectivity index is 1.80. The van der Waals surface area contributed by atoms with Gasteiger partial charge in [0.05, 0.1) is 12.0 Å². The molecule has 1 aliphatic carbocycles. The van der Waals surface area contributed by atoms with Gasteiger partial charge in [-0.25, -0.2) is 4.79 Å². The average molecular weight is 282 g/mol. The minimum atomic E-state index is -0.837. The highest BCUT2D eigenvalue weighted by molar-refractivity contribution is 5.78. The van der Waals surface area contributed by atoms with Gasteiger partial charge in [-0.05, 0) is 12.8 Å². The highest BCUT2D eigenvalue weighted by atomic mass is 16.5. The molecule has 2 amide bonds. The van der Waals surface area contributed by atoms with Crippen molar-refractivity contribution < 1.29 is 19.2 Å². The van der Waals surface area contributed by atoms with Gasteiger partial charge in [-0.2, -0.15) is 4.98 Å². The van der Waals surface area contributed by atoms with Gasteiger partial charge in [0, 0.05) is 6.54 Å². The lowest BCUT2D eigenvalue weighted by Crippen LogP contribution is -2.47. The van der Waals surface area contributed by atoms with Crippen LogP contribution in [-0.4, -0.2) is 33.8 Å². The van der Waals surface area contributed by atoms with E-state index in [1.54, 1.807) is 0 Å². The molecule has 110 valence electrons. The second-order valence-corrected chi connectivity index (χ2v) is 5.03. The second kappa shape index (κ2) is 6.36. The molecule has 0 bridgehead atoms. The maximum absolute atomic E-state index is 11.6. The van der Waals surface area contributed by atoms with Crippen molar-refractivity contribution in [1.29, 1.82) is 0 Å². The maximum atomic E-state index is 11.6. The maximum Gasteiger partial charge on any atom is 0.315 e. The highest BCUT2D eigenvalue weighted by Gasteiger charge is 2.39. The van der Waals surface area contributed by atoms with Gasteiger partial charge in [-0.15, -0.1) is 0 Å². The number of carbonyl (C=O) groups excluding carboxylic acids is 1. The summed E-state index contributed by atoms with van der Waals surface area (Å²) < 4.78 is 4.54. The van der Waals surface area contributed by atoms with E-state index in [1.807, 2.05) is 0 Å². The lowest BCUT2D eigenvalue weighted by atomic mass is 9.74. The quantitative estimate of drug-likeness (QED) is 0.738. The van der Waals surface area contributed by atoms with E-state index < -0.39 is 17.4 Å². The van der Waals surface area contributed by atoms with Crippen molar-refractivity contribution in [2.45, 2.75) is 38.6 Å². The molecule has 1 heterocycles. The molecule has 0 aromatic carbocycles. The van der Waals surface area contributed by atoms with Gasteiger partial charge in [-0.3, -0.25) is 4.79 Å². The predicted octanol–water partition coefficient (Wildman–Crippen LogP) is 0.904. The zero-order valence-corrected chi connectivity index (χ0v) is 11.1. The summed E-state index contributed by atoms with van der Waals surface area (Å²) in [6.45, 7) is 0.281. The molecule has 8 heteroatoms. The smallest absolute Gasteiger partial charge is 0.315 e. The van der Waals surface area contributed by atoms with E-state index in [0.29, 0.717) is 18.7 Å². The van der Waals surface area contributed by atoms with Crippen molar-refractivity contribution in [3.63, 3.8) is 0 Å². The Kier molecular flexibility index (Phi) is 4.54. The molecule has 0 unspecified atom stereocenters. The van der Waals surface area contributed by atoms with Crippen molar-refractivity contribution in [3.05, 3.63) is 12.2 Å². The molecule has 0 atom stereocenters. The molecule has 20 heavy (non-hydrogen) atoms. The second-order valence-electron chi connectivity index (χ2n) is 5.03. The van der Waals surface area contributed by atoms with Crippen LogP contribution >= 0.6 is 0 Å². The number of nitrogens with one attached hydrogen (secondary N) is 2. The summed E-state index contributed by atoms with van der Waals surface area (Å²) in [4.78, 5) is 26.8. The number of rotatable bonds is 5. The summed E-state index contributed by atoms with van der Waals surface area (Å²) in [7, 11) is 0. The van der Waals surface area contributed by atoms with Gasteiger partial charge in [0.1, 0.15) is 0 Å². The first kappa shape index (κ1) is 14.3. The van der Waals surface area contributed by atoms with Crippen LogP contribution in [0.15, 0.2) is 10.9 Å². The summed E-state index contributed by atoms with van der Waals surface area (Å²) in [5.74, 6) is -0.471. The summed E-state index contributed by atoms with van der Waals surface area (Å²) >= 11 is 0. The van der Waals surface area contributed by atoms with Crippen LogP contribution in [-0.2, 0) is 11.3 Å². The number of carbonyl (C=O) groups is 2. The van der Waals surface area contributed by atoms with E-state index >= 15 is 0 Å². The van der Waals surface area contributed by atoms with Crippen molar-refractivity contribution >= 4 is 12.0 Å². The average Bonchev–Trinajstić information content (AvgIpc) is 2.97. The molecule has 1 aromatic rings. The van der Waals surface area contributed by atoms with Crippen molar-refractivity contribution in [2.24, 2.45) is 5.41 Å². The number of nitrogens with zero attached hydrogens (tertiary/aromatic N) is 2. The molecule has 0 saturated heterocycles. The molecular formula is C12H18N4O4. The van der Waals surface area contributed by atoms with Crippen LogP contribution in [0.2, 0.25) is 0 Å². The van der Waals surface area contributed by atoms with Crippen molar-refractivity contribution in [1.82, 2.24) is 20.8 Å². The Morgan fingerprint density at radius 2 is 2.05 bits per heavy atom. The summed E-state index contributed by atoms with van der Waals surface area (Å²) in [6, 6.07) is -0.430. The first-order valence-corrected chi connectivity index (χ1v) is 6.63. The van der Waals surface area contributed by atoms with E-state index in [2.05, 4.69) is 25.3 Å². The SMILES string of the molecule is O=C(NCc1ncon1)NCC1(C(=O)O)CCCCC1. The van der Waals surface area contributed by atoms with Crippen molar-refractivity contribution in [3.8, 4) is 0 Å². The first-order valence-electron chi connectivity index (χ1n) is 6.63. The number of aliphatic carboxylic acids is 1. The summed E-state index contributed by atoms with van der Waals surface area (Å²) in [5.41, 5.74) is -0.832. The van der Waals surface area contributed by atoms with Gasteiger partial charge in [0.2, 0.25) is 6.39 Å². The van der Waals surface area contributed by atoms with Crippen molar-refractivity contribution in [2.75, 3.05) is 6.54 Å². The Morgan fingerprint density at radius 1 is 1.30 bits per heavy atom. The van der Waals surface area contributed by atoms with E-state index in [1.165, 1.54) is 6.39 Å². The van der Waals surface area contributed by atoms with Crippen LogP contribution in [0.4, 0.5) is 4.79 Å². The Bertz CT molecular complexity index is 454. The zero-order chi connectivity index (χ0) is 14.4. The van der Waals surface area contributed by atoms with Gasteiger partial charge in [0.15, 0.2) is 5.82 Å². The van der Waals surface area contributed by atoms with Gasteiger partial charge < -0.3 is 20.3 Å². The molecule has 1 fully saturated rings. The minimum Gasteiger partial charge on any atom is -0.481 e. The molecule has 8 nitrogen and oxygen atoms in total. The molecule has 1 saturated carbocycles. The number of carboxylic acid groups (broad SMARTS) is 1. The topological polar surface area (TPSA) is 117 Å². The molecule has 0 radical (unpaired) electrons. The third kappa shape index (κ3) is 3.46. The molecule has 1 aromatic heterocycles. The minimum absolute atomic E-state index is 0.139. The van der Waals surface area contributed by atoms with E-state index in [-0.39, 0.29) is 13.1 Å². The molecule has 0 aliphatic heterocycles. The fourth-order valence-electron chi connectivity index (χ4n) is 2.44. The summed E-state index contributed by atoms with van der Waals surface area (Å²) in [6.07, 6.45) is 5.22. The Labute approximate surface area is 115 Å². The van der Waals surface area contributed by atoms with Crippen LogP contribution in [0.3, 0.4) is 0 Å². The summed E-state index contributed by atoms with van der Waals surface area (Å²) in [5, 5.41) is 18.1. The van der Waals surface area contributed by atoms with E-state index in [4.69, 9.17) is 0 Å². The Morgan fingerprint density at radius 3 is 2.65 bits per heavy atom. The molecule has 1 aliphatic rings. The lowest BCUT2D eigenvalue weighted by Gasteiger charge is -2.33. The largest absolute Gasteiger partial charge is 0.481 e. The number of hydrogen-bond acceptors (Lipinski definition) is 5. The zero-order valence-electron chi connectivity index (χ0n) is 11.1. The number of hydrogen-bond donors (Lipinski definition) is 3. The van der Waals surface area contributed by atoms with Gasteiger partial charge in [-0.1, -0.05) is 24.4 Å². The number of urea groups is 1. The molecule has 3 N–H and O–H groups in total. The highest BCUT2D eigenvalue weighted by Crippen LogP contribution is 2.35. The third-order valence-corrected chi connectivity index (χ3v) is 3.67. The Hall–Kier alpha value is -2.12. The van der Waals surface area contributed by atoms with Gasteiger partial charge >= 0.3 is 12.0 Å². The van der Waals surface area contributed by atoms with Crippen LogP contribution in [0.25, 0.3) is 0 Å². The third-order valence-electron chi connectivity index (χ3n) is 3.67. The fraction of sp³-hybridized carbons (Fsp3) is 0.667. The number of carboxylic acids is 1. The predicted molar refractivity (Wildman–Crippen MR) is 67.7 cm³/mol. The van der Waals surface area contributed by atoms with E-state index in [0.717, 1.165) is 19.3 Å². The fourth-order valence-corrected chi connectivity index (χ4v) is 2.44. The monoisotopic (exact) mass is 282 g/mol. The van der Waals surface area contributed by atoms with Crippen LogP contribution in [0.1, 0.15) is 37.9 Å². The van der Waals surface area contributed by atoms with Gasteiger partial charge in [0.25, 0.3) is 0 Å². The first-order chi connectivity index (χ1) is 9.62. The lowest BCUT2D eigenvalue weighted by molar-refractivity contribution is -0.150. The van der Waals surface area contributed by atoms with Crippen LogP contribution in [0.5, 0.6) is 0 Å². The molecule has 2 rings (SSSR count). The van der Waals surface area contributed by atoms with Crippen LogP contribution in [0, 0.1) is 5.41 Å². The van der Waals surface area contributed by atoms with Crippen LogP contribution < -0.4 is 10.6 Å². The molecule has 0 spiro atoms. The standard InChI is InChI=1S/C12H18N4O4/c17-10(18)12(4-2-1-3-5-12)7-14-11(19)13-6-9-15-8-20-16-9/h8H,1-7H2,(H,17,18)(H2,13,14,19). The number of aromatic nitrogens is 2. The molecular weight excluding hydrogens is 264 g/mol. The normalized spacial score (nSPS) is 17.4. The number of amides is 2. The van der Waals surface area contributed by atoms with E-state index in [9.17, 15) is 14.7 Å².